The van der Waals surface area contributed by atoms with Crippen LogP contribution in [0.5, 0.6) is 0 Å². The Balaban J connectivity index is 1.95. The first-order chi connectivity index (χ1) is 12.6. The molecule has 2 amide bonds. The Bertz CT molecular complexity index is 753. The molecule has 0 atom stereocenters. The molecule has 5 nitrogen and oxygen atoms in total. The van der Waals surface area contributed by atoms with E-state index in [1.54, 1.807) is 36.4 Å². The Kier molecular flexibility index (Phi) is 7.55. The van der Waals surface area contributed by atoms with Gasteiger partial charge in [-0.3, -0.25) is 9.59 Å². The van der Waals surface area contributed by atoms with E-state index < -0.39 is 0 Å². The fourth-order valence-electron chi connectivity index (χ4n) is 2.38. The highest BCUT2D eigenvalue weighted by molar-refractivity contribution is 6.04. The number of benzene rings is 2. The maximum absolute atomic E-state index is 12.2. The molecule has 0 aliphatic rings. The number of nitrogens with one attached hydrogen (secondary N) is 2. The van der Waals surface area contributed by atoms with Crippen LogP contribution in [0.1, 0.15) is 60.2 Å². The Morgan fingerprint density at radius 1 is 0.885 bits per heavy atom. The molecule has 0 aliphatic heterocycles. The van der Waals surface area contributed by atoms with E-state index in [0.29, 0.717) is 16.8 Å². The van der Waals surface area contributed by atoms with Gasteiger partial charge >= 0.3 is 0 Å². The maximum Gasteiger partial charge on any atom is 0.271 e. The molecule has 0 heterocycles. The van der Waals surface area contributed by atoms with Crippen molar-refractivity contribution in [2.75, 3.05) is 5.32 Å². The highest BCUT2D eigenvalue weighted by Gasteiger charge is 2.08. The number of unbranched alkanes of at least 4 members (excludes halogenated alkanes) is 1. The third kappa shape index (κ3) is 5.84. The molecule has 2 N–H and O–H groups in total. The molecule has 0 spiro atoms. The van der Waals surface area contributed by atoms with Gasteiger partial charge in [0.25, 0.3) is 11.8 Å². The molecule has 2 aromatic rings. The third-order valence-corrected chi connectivity index (χ3v) is 3.98. The van der Waals surface area contributed by atoms with E-state index in [0.717, 1.165) is 31.4 Å². The van der Waals surface area contributed by atoms with Gasteiger partial charge in [0.05, 0.1) is 0 Å². The maximum atomic E-state index is 12.2. The normalized spacial score (nSPS) is 11.1. The number of rotatable bonds is 8. The molecule has 0 radical (unpaired) electrons. The molecule has 26 heavy (non-hydrogen) atoms. The van der Waals surface area contributed by atoms with Crippen molar-refractivity contribution in [1.29, 1.82) is 0 Å². The summed E-state index contributed by atoms with van der Waals surface area (Å²) in [6.45, 7) is 4.16. The summed E-state index contributed by atoms with van der Waals surface area (Å²) in [6, 6.07) is 15.7. The summed E-state index contributed by atoms with van der Waals surface area (Å²) in [7, 11) is 0. The van der Waals surface area contributed by atoms with Gasteiger partial charge < -0.3 is 5.32 Å². The summed E-state index contributed by atoms with van der Waals surface area (Å²) in [5.41, 5.74) is 5.32. The van der Waals surface area contributed by atoms with E-state index in [1.807, 2.05) is 25.1 Å². The SMILES string of the molecule is CCCC/C(CC)=N/NC(=O)c1ccc(NC(=O)c2ccccc2)cc1. The van der Waals surface area contributed by atoms with E-state index in [9.17, 15) is 9.59 Å². The van der Waals surface area contributed by atoms with Gasteiger partial charge in [0.15, 0.2) is 0 Å². The molecule has 2 rings (SSSR count). The molecular formula is C21H25N3O2. The van der Waals surface area contributed by atoms with Gasteiger partial charge in [0.2, 0.25) is 0 Å². The molecule has 5 heteroatoms. The lowest BCUT2D eigenvalue weighted by atomic mass is 10.1. The molecular weight excluding hydrogens is 326 g/mol. The Morgan fingerprint density at radius 2 is 1.54 bits per heavy atom. The first kappa shape index (κ1) is 19.4. The fraction of sp³-hybridized carbons (Fsp3) is 0.286. The zero-order chi connectivity index (χ0) is 18.8. The minimum absolute atomic E-state index is 0.184. The topological polar surface area (TPSA) is 70.6 Å². The number of carbonyl (C=O) groups excluding carboxylic acids is 2. The van der Waals surface area contributed by atoms with Crippen LogP contribution in [-0.4, -0.2) is 17.5 Å². The van der Waals surface area contributed by atoms with E-state index in [1.165, 1.54) is 0 Å². The Hall–Kier alpha value is -2.95. The van der Waals surface area contributed by atoms with Crippen LogP contribution >= 0.6 is 0 Å². The second kappa shape index (κ2) is 10.1. The monoisotopic (exact) mass is 351 g/mol. The van der Waals surface area contributed by atoms with Crippen molar-refractivity contribution in [3.8, 4) is 0 Å². The first-order valence-corrected chi connectivity index (χ1v) is 8.96. The van der Waals surface area contributed by atoms with Gasteiger partial charge in [-0.15, -0.1) is 0 Å². The van der Waals surface area contributed by atoms with Gasteiger partial charge in [-0.25, -0.2) is 5.43 Å². The summed E-state index contributed by atoms with van der Waals surface area (Å²) >= 11 is 0. The van der Waals surface area contributed by atoms with Crippen LogP contribution < -0.4 is 10.7 Å². The van der Waals surface area contributed by atoms with Gasteiger partial charge in [0, 0.05) is 22.5 Å². The predicted molar refractivity (Wildman–Crippen MR) is 106 cm³/mol. The zero-order valence-corrected chi connectivity index (χ0v) is 15.3. The van der Waals surface area contributed by atoms with Gasteiger partial charge in [0.1, 0.15) is 0 Å². The minimum Gasteiger partial charge on any atom is -0.322 e. The Morgan fingerprint density at radius 3 is 2.15 bits per heavy atom. The molecule has 0 unspecified atom stereocenters. The number of hydrogen-bond donors (Lipinski definition) is 2. The Labute approximate surface area is 154 Å². The number of nitrogens with zero attached hydrogens (tertiary/aromatic N) is 1. The van der Waals surface area contributed by atoms with Crippen LogP contribution in [0.4, 0.5) is 5.69 Å². The van der Waals surface area contributed by atoms with Crippen molar-refractivity contribution < 1.29 is 9.59 Å². The smallest absolute Gasteiger partial charge is 0.271 e. The zero-order valence-electron chi connectivity index (χ0n) is 15.3. The van der Waals surface area contributed by atoms with Crippen LogP contribution in [0.25, 0.3) is 0 Å². The average molecular weight is 351 g/mol. The number of hydrazone groups is 1. The van der Waals surface area contributed by atoms with Crippen molar-refractivity contribution in [2.45, 2.75) is 39.5 Å². The predicted octanol–water partition coefficient (Wildman–Crippen LogP) is 4.62. The van der Waals surface area contributed by atoms with Gasteiger partial charge in [-0.05, 0) is 55.7 Å². The minimum atomic E-state index is -0.256. The molecule has 0 aliphatic carbocycles. The second-order valence-corrected chi connectivity index (χ2v) is 5.97. The van der Waals surface area contributed by atoms with E-state index in [4.69, 9.17) is 0 Å². The number of amides is 2. The number of anilines is 1. The van der Waals surface area contributed by atoms with Crippen molar-refractivity contribution >= 4 is 23.2 Å². The van der Waals surface area contributed by atoms with Crippen LogP contribution in [0.15, 0.2) is 59.7 Å². The first-order valence-electron chi connectivity index (χ1n) is 8.96. The van der Waals surface area contributed by atoms with Gasteiger partial charge in [-0.1, -0.05) is 38.5 Å². The summed E-state index contributed by atoms with van der Waals surface area (Å²) in [6.07, 6.45) is 3.89. The molecule has 136 valence electrons. The summed E-state index contributed by atoms with van der Waals surface area (Å²) in [5.74, 6) is -0.440. The third-order valence-electron chi connectivity index (χ3n) is 3.98. The lowest BCUT2D eigenvalue weighted by Gasteiger charge is -2.07. The average Bonchev–Trinajstić information content (AvgIpc) is 2.69. The van der Waals surface area contributed by atoms with Crippen molar-refractivity contribution in [2.24, 2.45) is 5.10 Å². The lowest BCUT2D eigenvalue weighted by molar-refractivity contribution is 0.0954. The molecule has 2 aromatic carbocycles. The molecule has 0 fully saturated rings. The largest absolute Gasteiger partial charge is 0.322 e. The quantitative estimate of drug-likeness (QED) is 0.538. The number of hydrogen-bond acceptors (Lipinski definition) is 3. The van der Waals surface area contributed by atoms with Crippen molar-refractivity contribution in [3.63, 3.8) is 0 Å². The highest BCUT2D eigenvalue weighted by atomic mass is 16.2. The molecule has 0 saturated heterocycles. The molecule has 0 saturated carbocycles. The van der Waals surface area contributed by atoms with Crippen LogP contribution in [-0.2, 0) is 0 Å². The molecule has 0 aromatic heterocycles. The van der Waals surface area contributed by atoms with Crippen molar-refractivity contribution in [1.82, 2.24) is 5.43 Å². The lowest BCUT2D eigenvalue weighted by Crippen LogP contribution is -2.19. The fourth-order valence-corrected chi connectivity index (χ4v) is 2.38. The van der Waals surface area contributed by atoms with Crippen LogP contribution in [0, 0.1) is 0 Å². The highest BCUT2D eigenvalue weighted by Crippen LogP contribution is 2.12. The summed E-state index contributed by atoms with van der Waals surface area (Å²) in [5, 5.41) is 7.02. The number of carbonyl (C=O) groups is 2. The van der Waals surface area contributed by atoms with Gasteiger partial charge in [-0.2, -0.15) is 5.10 Å². The van der Waals surface area contributed by atoms with E-state index in [-0.39, 0.29) is 11.8 Å². The standard InChI is InChI=1S/C21H25N3O2/c1-3-5-11-18(4-2)23-24-21(26)17-12-14-19(15-13-17)22-20(25)16-9-7-6-8-10-16/h6-10,12-15H,3-5,11H2,1-2H3,(H,22,25)(H,24,26)/b23-18+. The molecule has 0 bridgehead atoms. The summed E-state index contributed by atoms with van der Waals surface area (Å²) < 4.78 is 0. The van der Waals surface area contributed by atoms with E-state index in [2.05, 4.69) is 22.8 Å². The second-order valence-electron chi connectivity index (χ2n) is 5.97. The van der Waals surface area contributed by atoms with Crippen LogP contribution in [0.3, 0.4) is 0 Å². The summed E-state index contributed by atoms with van der Waals surface area (Å²) in [4.78, 5) is 24.3. The van der Waals surface area contributed by atoms with Crippen molar-refractivity contribution in [3.05, 3.63) is 65.7 Å². The van der Waals surface area contributed by atoms with Crippen LogP contribution in [0.2, 0.25) is 0 Å². The van der Waals surface area contributed by atoms with E-state index >= 15 is 0 Å².